The summed E-state index contributed by atoms with van der Waals surface area (Å²) in [5.74, 6) is -0.790. The molecule has 1 aromatic carbocycles. The molecule has 6 heteroatoms. The Kier molecular flexibility index (Phi) is 4.33. The highest BCUT2D eigenvalue weighted by atomic mass is 35.5. The lowest BCUT2D eigenvalue weighted by Gasteiger charge is -2.32. The van der Waals surface area contributed by atoms with Gasteiger partial charge < -0.3 is 5.11 Å². The molecule has 0 aromatic heterocycles. The third-order valence-corrected chi connectivity index (χ3v) is 4.17. The number of alkyl halides is 3. The zero-order valence-electron chi connectivity index (χ0n) is 11.1. The number of hydrogen-bond donors (Lipinski definition) is 1. The number of aliphatic hydroxyl groups is 1. The standard InChI is InChI=1S/C14H17ClF3NO/c1-13(20,14(16,17)18)11-5-6-19(9-11)8-10-3-2-4-12(15)7-10/h2-4,7,11,20H,5-6,8-9H2,1H3. The van der Waals surface area contributed by atoms with Gasteiger partial charge in [0.05, 0.1) is 0 Å². The van der Waals surface area contributed by atoms with Crippen LogP contribution in [0.1, 0.15) is 18.9 Å². The lowest BCUT2D eigenvalue weighted by Crippen LogP contribution is -2.49. The molecular weight excluding hydrogens is 291 g/mol. The zero-order chi connectivity index (χ0) is 15.0. The summed E-state index contributed by atoms with van der Waals surface area (Å²) in [5, 5.41) is 10.3. The van der Waals surface area contributed by atoms with Gasteiger partial charge in [-0.15, -0.1) is 0 Å². The Bertz CT molecular complexity index is 476. The van der Waals surface area contributed by atoms with E-state index in [1.807, 2.05) is 17.0 Å². The molecule has 2 nitrogen and oxygen atoms in total. The Hall–Kier alpha value is -0.780. The fourth-order valence-corrected chi connectivity index (χ4v) is 2.77. The van der Waals surface area contributed by atoms with Gasteiger partial charge in [0.25, 0.3) is 0 Å². The summed E-state index contributed by atoms with van der Waals surface area (Å²) >= 11 is 5.88. The van der Waals surface area contributed by atoms with Gasteiger partial charge in [-0.05, 0) is 37.6 Å². The maximum Gasteiger partial charge on any atom is 0.417 e. The molecule has 0 spiro atoms. The number of benzene rings is 1. The van der Waals surface area contributed by atoms with Crippen LogP contribution in [0.5, 0.6) is 0 Å². The minimum Gasteiger partial charge on any atom is -0.380 e. The Morgan fingerprint density at radius 3 is 2.70 bits per heavy atom. The normalized spacial score (nSPS) is 23.8. The summed E-state index contributed by atoms with van der Waals surface area (Å²) in [4.78, 5) is 1.91. The summed E-state index contributed by atoms with van der Waals surface area (Å²) in [7, 11) is 0. The van der Waals surface area contributed by atoms with Crippen molar-refractivity contribution in [2.75, 3.05) is 13.1 Å². The fraction of sp³-hybridized carbons (Fsp3) is 0.571. The van der Waals surface area contributed by atoms with E-state index in [9.17, 15) is 18.3 Å². The van der Waals surface area contributed by atoms with E-state index in [0.29, 0.717) is 24.5 Å². The molecule has 112 valence electrons. The van der Waals surface area contributed by atoms with Crippen LogP contribution >= 0.6 is 11.6 Å². The van der Waals surface area contributed by atoms with Crippen LogP contribution in [0.15, 0.2) is 24.3 Å². The minimum atomic E-state index is -4.59. The predicted octanol–water partition coefficient (Wildman–Crippen LogP) is 3.48. The highest BCUT2D eigenvalue weighted by molar-refractivity contribution is 6.30. The molecular formula is C14H17ClF3NO. The molecule has 1 saturated heterocycles. The maximum absolute atomic E-state index is 12.8. The molecule has 2 atom stereocenters. The van der Waals surface area contributed by atoms with Crippen molar-refractivity contribution in [2.24, 2.45) is 5.92 Å². The van der Waals surface area contributed by atoms with Gasteiger partial charge in [-0.3, -0.25) is 4.90 Å². The third kappa shape index (κ3) is 3.27. The molecule has 1 heterocycles. The quantitative estimate of drug-likeness (QED) is 0.924. The van der Waals surface area contributed by atoms with Gasteiger partial charge in [0, 0.05) is 24.0 Å². The number of hydrogen-bond acceptors (Lipinski definition) is 2. The predicted molar refractivity (Wildman–Crippen MR) is 71.5 cm³/mol. The van der Waals surface area contributed by atoms with E-state index in [2.05, 4.69) is 0 Å². The number of nitrogens with zero attached hydrogens (tertiary/aromatic N) is 1. The minimum absolute atomic E-state index is 0.235. The second-order valence-corrected chi connectivity index (χ2v) is 5.93. The molecule has 20 heavy (non-hydrogen) atoms. The summed E-state index contributed by atoms with van der Waals surface area (Å²) in [6.07, 6.45) is -4.25. The second-order valence-electron chi connectivity index (χ2n) is 5.50. The Balaban J connectivity index is 1.99. The van der Waals surface area contributed by atoms with Crippen LogP contribution in [0.4, 0.5) is 13.2 Å². The lowest BCUT2D eigenvalue weighted by molar-refractivity contribution is -0.270. The van der Waals surface area contributed by atoms with Gasteiger partial charge in [-0.25, -0.2) is 0 Å². The second kappa shape index (κ2) is 5.54. The SMILES string of the molecule is CC(O)(C1CCN(Cc2cccc(Cl)c2)C1)C(F)(F)F. The first kappa shape index (κ1) is 15.6. The van der Waals surface area contributed by atoms with Gasteiger partial charge in [0.15, 0.2) is 5.60 Å². The summed E-state index contributed by atoms with van der Waals surface area (Å²) < 4.78 is 38.4. The van der Waals surface area contributed by atoms with Crippen molar-refractivity contribution in [1.29, 1.82) is 0 Å². The first-order valence-electron chi connectivity index (χ1n) is 6.46. The zero-order valence-corrected chi connectivity index (χ0v) is 11.9. The number of halogens is 4. The largest absolute Gasteiger partial charge is 0.417 e. The van der Waals surface area contributed by atoms with Crippen molar-refractivity contribution in [3.05, 3.63) is 34.9 Å². The van der Waals surface area contributed by atoms with Crippen molar-refractivity contribution >= 4 is 11.6 Å². The summed E-state index contributed by atoms with van der Waals surface area (Å²) in [6, 6.07) is 7.27. The topological polar surface area (TPSA) is 23.5 Å². The van der Waals surface area contributed by atoms with Crippen LogP contribution in [-0.2, 0) is 6.54 Å². The maximum atomic E-state index is 12.8. The smallest absolute Gasteiger partial charge is 0.380 e. The van der Waals surface area contributed by atoms with Crippen molar-refractivity contribution in [1.82, 2.24) is 4.90 Å². The molecule has 0 bridgehead atoms. The highest BCUT2D eigenvalue weighted by Crippen LogP contribution is 2.40. The first-order chi connectivity index (χ1) is 9.20. The first-order valence-corrected chi connectivity index (χ1v) is 6.84. The number of likely N-dealkylation sites (tertiary alicyclic amines) is 1. The molecule has 0 aliphatic carbocycles. The van der Waals surface area contributed by atoms with Crippen molar-refractivity contribution < 1.29 is 18.3 Å². The van der Waals surface area contributed by atoms with Crippen molar-refractivity contribution in [3.8, 4) is 0 Å². The van der Waals surface area contributed by atoms with Gasteiger partial charge in [0.1, 0.15) is 0 Å². The average molecular weight is 308 g/mol. The monoisotopic (exact) mass is 307 g/mol. The van der Waals surface area contributed by atoms with Crippen LogP contribution in [0, 0.1) is 5.92 Å². The summed E-state index contributed by atoms with van der Waals surface area (Å²) in [6.45, 7) is 2.19. The van der Waals surface area contributed by atoms with E-state index in [1.165, 1.54) is 0 Å². The molecule has 2 rings (SSSR count). The van der Waals surface area contributed by atoms with Crippen molar-refractivity contribution in [3.63, 3.8) is 0 Å². The van der Waals surface area contributed by atoms with E-state index >= 15 is 0 Å². The Morgan fingerprint density at radius 2 is 2.10 bits per heavy atom. The molecule has 0 radical (unpaired) electrons. The van der Waals surface area contributed by atoms with Gasteiger partial charge in [-0.1, -0.05) is 23.7 Å². The summed E-state index contributed by atoms with van der Waals surface area (Å²) in [5.41, 5.74) is -1.67. The van der Waals surface area contributed by atoms with Crippen LogP contribution in [0.2, 0.25) is 5.02 Å². The molecule has 0 amide bonds. The van der Waals surface area contributed by atoms with Gasteiger partial charge >= 0.3 is 6.18 Å². The van der Waals surface area contributed by atoms with E-state index in [1.54, 1.807) is 12.1 Å². The molecule has 0 saturated carbocycles. The number of rotatable bonds is 3. The van der Waals surface area contributed by atoms with Gasteiger partial charge in [0.2, 0.25) is 0 Å². The lowest BCUT2D eigenvalue weighted by atomic mass is 9.88. The molecule has 1 aliphatic heterocycles. The Morgan fingerprint density at radius 1 is 1.40 bits per heavy atom. The highest BCUT2D eigenvalue weighted by Gasteiger charge is 2.55. The van der Waals surface area contributed by atoms with E-state index < -0.39 is 17.7 Å². The fourth-order valence-electron chi connectivity index (χ4n) is 2.56. The molecule has 1 fully saturated rings. The van der Waals surface area contributed by atoms with Crippen LogP contribution in [0.25, 0.3) is 0 Å². The molecule has 1 aromatic rings. The van der Waals surface area contributed by atoms with Crippen LogP contribution in [0.3, 0.4) is 0 Å². The third-order valence-electron chi connectivity index (χ3n) is 3.94. The van der Waals surface area contributed by atoms with E-state index in [0.717, 1.165) is 12.5 Å². The van der Waals surface area contributed by atoms with Crippen LogP contribution < -0.4 is 0 Å². The van der Waals surface area contributed by atoms with Gasteiger partial charge in [-0.2, -0.15) is 13.2 Å². The molecule has 2 unspecified atom stereocenters. The molecule has 1 aliphatic rings. The van der Waals surface area contributed by atoms with E-state index in [-0.39, 0.29) is 6.54 Å². The average Bonchev–Trinajstić information content (AvgIpc) is 2.76. The van der Waals surface area contributed by atoms with Crippen molar-refractivity contribution in [2.45, 2.75) is 31.7 Å². The van der Waals surface area contributed by atoms with Crippen LogP contribution in [-0.4, -0.2) is 34.9 Å². The molecule has 1 N–H and O–H groups in total. The van der Waals surface area contributed by atoms with E-state index in [4.69, 9.17) is 11.6 Å². The Labute approximate surface area is 121 Å².